The summed E-state index contributed by atoms with van der Waals surface area (Å²) in [6.07, 6.45) is 2.32. The molecular weight excluding hydrogens is 240 g/mol. The molecule has 0 aromatic carbocycles. The van der Waals surface area contributed by atoms with Crippen LogP contribution in [0.1, 0.15) is 42.8 Å². The predicted octanol–water partition coefficient (Wildman–Crippen LogP) is 1.55. The fourth-order valence-electron chi connectivity index (χ4n) is 1.50. The van der Waals surface area contributed by atoms with Crippen molar-refractivity contribution >= 4 is 11.8 Å². The Kier molecular flexibility index (Phi) is 2.58. The predicted molar refractivity (Wildman–Crippen MR) is 59.4 cm³/mol. The van der Waals surface area contributed by atoms with Crippen molar-refractivity contribution in [3.8, 4) is 0 Å². The molecule has 1 saturated carbocycles. The third kappa shape index (κ3) is 2.17. The van der Waals surface area contributed by atoms with Gasteiger partial charge in [0.2, 0.25) is 11.0 Å². The molecule has 1 fully saturated rings. The Morgan fingerprint density at radius 1 is 1.47 bits per heavy atom. The summed E-state index contributed by atoms with van der Waals surface area (Å²) >= 11 is 1.54. The number of nitrogens with zero attached hydrogens (tertiary/aromatic N) is 6. The normalized spacial score (nSPS) is 17.3. The molecule has 1 aliphatic carbocycles. The van der Waals surface area contributed by atoms with E-state index < -0.39 is 0 Å². The van der Waals surface area contributed by atoms with E-state index in [2.05, 4.69) is 25.7 Å². The molecule has 0 radical (unpaired) electrons. The van der Waals surface area contributed by atoms with E-state index in [1.165, 1.54) is 0 Å². The Balaban J connectivity index is 1.75. The Hall–Kier alpha value is -1.44. The summed E-state index contributed by atoms with van der Waals surface area (Å²) in [7, 11) is 0. The van der Waals surface area contributed by atoms with Gasteiger partial charge in [-0.3, -0.25) is 0 Å². The van der Waals surface area contributed by atoms with Gasteiger partial charge in [-0.15, -0.1) is 5.10 Å². The molecule has 3 rings (SSSR count). The van der Waals surface area contributed by atoms with Crippen molar-refractivity contribution in [2.75, 3.05) is 0 Å². The first-order valence-electron chi connectivity index (χ1n) is 5.49. The number of rotatable bonds is 4. The zero-order valence-corrected chi connectivity index (χ0v) is 10.4. The monoisotopic (exact) mass is 252 g/mol. The highest BCUT2D eigenvalue weighted by Gasteiger charge is 2.29. The lowest BCUT2D eigenvalue weighted by Gasteiger charge is -2.05. The molecule has 8 heteroatoms. The summed E-state index contributed by atoms with van der Waals surface area (Å²) in [5.74, 6) is 1.26. The van der Waals surface area contributed by atoms with Crippen LogP contribution in [0.3, 0.4) is 0 Å². The first-order valence-corrected chi connectivity index (χ1v) is 6.36. The summed E-state index contributed by atoms with van der Waals surface area (Å²) in [5, 5.41) is 16.4. The molecule has 0 bridgehead atoms. The van der Waals surface area contributed by atoms with Gasteiger partial charge in [0.05, 0.1) is 11.3 Å². The summed E-state index contributed by atoms with van der Waals surface area (Å²) in [5.41, 5.74) is 0. The van der Waals surface area contributed by atoms with Crippen LogP contribution in [0.15, 0.2) is 9.68 Å². The van der Waals surface area contributed by atoms with Crippen molar-refractivity contribution in [2.45, 2.75) is 43.1 Å². The van der Waals surface area contributed by atoms with Crippen molar-refractivity contribution in [1.29, 1.82) is 0 Å². The van der Waals surface area contributed by atoms with Crippen LogP contribution in [0.25, 0.3) is 0 Å². The SMILES string of the molecule is Cc1noc(C(C)Sc2nnnn2C2CC2)n1. The van der Waals surface area contributed by atoms with E-state index in [1.54, 1.807) is 18.7 Å². The molecule has 17 heavy (non-hydrogen) atoms. The molecule has 1 aliphatic rings. The summed E-state index contributed by atoms with van der Waals surface area (Å²) in [6, 6.07) is 0.476. The average molecular weight is 252 g/mol. The molecule has 1 unspecified atom stereocenters. The van der Waals surface area contributed by atoms with E-state index in [9.17, 15) is 0 Å². The quantitative estimate of drug-likeness (QED) is 0.763. The Labute approximate surface area is 102 Å². The Morgan fingerprint density at radius 2 is 2.29 bits per heavy atom. The summed E-state index contributed by atoms with van der Waals surface area (Å²) in [4.78, 5) is 4.20. The zero-order valence-electron chi connectivity index (χ0n) is 9.57. The largest absolute Gasteiger partial charge is 0.338 e. The van der Waals surface area contributed by atoms with Crippen LogP contribution in [0.2, 0.25) is 0 Å². The van der Waals surface area contributed by atoms with Crippen molar-refractivity contribution < 1.29 is 4.52 Å². The van der Waals surface area contributed by atoms with Gasteiger partial charge in [0.15, 0.2) is 5.82 Å². The van der Waals surface area contributed by atoms with E-state index in [4.69, 9.17) is 4.52 Å². The smallest absolute Gasteiger partial charge is 0.239 e. The number of thioether (sulfide) groups is 1. The third-order valence-electron chi connectivity index (χ3n) is 2.53. The molecule has 0 amide bonds. The van der Waals surface area contributed by atoms with Gasteiger partial charge in [-0.2, -0.15) is 4.98 Å². The van der Waals surface area contributed by atoms with Crippen LogP contribution in [-0.2, 0) is 0 Å². The molecule has 2 heterocycles. The molecule has 0 spiro atoms. The lowest BCUT2D eigenvalue weighted by Crippen LogP contribution is -2.00. The molecule has 1 atom stereocenters. The van der Waals surface area contributed by atoms with E-state index >= 15 is 0 Å². The van der Waals surface area contributed by atoms with Gasteiger partial charge in [-0.25, -0.2) is 4.68 Å². The van der Waals surface area contributed by atoms with Gasteiger partial charge in [0.1, 0.15) is 0 Å². The molecule has 0 N–H and O–H groups in total. The van der Waals surface area contributed by atoms with Crippen LogP contribution in [0, 0.1) is 6.92 Å². The second kappa shape index (κ2) is 4.10. The van der Waals surface area contributed by atoms with Crippen molar-refractivity contribution in [1.82, 2.24) is 30.3 Å². The van der Waals surface area contributed by atoms with E-state index in [0.29, 0.717) is 17.8 Å². The van der Waals surface area contributed by atoms with E-state index in [1.807, 2.05) is 11.6 Å². The molecule has 90 valence electrons. The lowest BCUT2D eigenvalue weighted by atomic mass is 10.5. The lowest BCUT2D eigenvalue weighted by molar-refractivity contribution is 0.376. The van der Waals surface area contributed by atoms with Crippen LogP contribution < -0.4 is 0 Å². The first kappa shape index (κ1) is 10.7. The maximum atomic E-state index is 5.13. The van der Waals surface area contributed by atoms with Gasteiger partial charge in [0.25, 0.3) is 0 Å². The van der Waals surface area contributed by atoms with Crippen LogP contribution in [0.5, 0.6) is 0 Å². The molecule has 2 aromatic rings. The number of tetrazole rings is 1. The van der Waals surface area contributed by atoms with Gasteiger partial charge < -0.3 is 4.52 Å². The molecule has 2 aromatic heterocycles. The van der Waals surface area contributed by atoms with Crippen LogP contribution >= 0.6 is 11.8 Å². The minimum absolute atomic E-state index is 0.0553. The summed E-state index contributed by atoms with van der Waals surface area (Å²) in [6.45, 7) is 3.81. The zero-order chi connectivity index (χ0) is 11.8. The first-order chi connectivity index (χ1) is 8.24. The second-order valence-electron chi connectivity index (χ2n) is 4.08. The molecule has 0 aliphatic heterocycles. The number of hydrogen-bond donors (Lipinski definition) is 0. The second-order valence-corrected chi connectivity index (χ2v) is 5.39. The molecular formula is C9H12N6OS. The number of hydrogen-bond acceptors (Lipinski definition) is 7. The van der Waals surface area contributed by atoms with Crippen molar-refractivity contribution in [3.05, 3.63) is 11.7 Å². The Bertz CT molecular complexity index is 519. The van der Waals surface area contributed by atoms with Gasteiger partial charge >= 0.3 is 0 Å². The average Bonchev–Trinajstić information content (AvgIpc) is 2.89. The van der Waals surface area contributed by atoms with Crippen molar-refractivity contribution in [2.24, 2.45) is 0 Å². The Morgan fingerprint density at radius 3 is 2.94 bits per heavy atom. The van der Waals surface area contributed by atoms with Gasteiger partial charge in [-0.05, 0) is 37.1 Å². The van der Waals surface area contributed by atoms with Crippen LogP contribution in [-0.4, -0.2) is 30.3 Å². The fourth-order valence-corrected chi connectivity index (χ4v) is 2.39. The van der Waals surface area contributed by atoms with E-state index in [-0.39, 0.29) is 5.25 Å². The van der Waals surface area contributed by atoms with Gasteiger partial charge in [-0.1, -0.05) is 16.9 Å². The molecule has 0 saturated heterocycles. The standard InChI is InChI=1S/C9H12N6OS/c1-5(8-10-6(2)12-16-8)17-9-11-13-14-15(9)7-3-4-7/h5,7H,3-4H2,1-2H3. The van der Waals surface area contributed by atoms with E-state index in [0.717, 1.165) is 18.0 Å². The number of aryl methyl sites for hydroxylation is 1. The summed E-state index contributed by atoms with van der Waals surface area (Å²) < 4.78 is 7.01. The minimum Gasteiger partial charge on any atom is -0.338 e. The molecule has 7 nitrogen and oxygen atoms in total. The highest BCUT2D eigenvalue weighted by molar-refractivity contribution is 7.99. The number of aromatic nitrogens is 6. The highest BCUT2D eigenvalue weighted by Crippen LogP contribution is 2.39. The van der Waals surface area contributed by atoms with Gasteiger partial charge in [0, 0.05) is 0 Å². The third-order valence-corrected chi connectivity index (χ3v) is 3.56. The topological polar surface area (TPSA) is 82.5 Å². The minimum atomic E-state index is 0.0553. The maximum Gasteiger partial charge on any atom is 0.239 e. The van der Waals surface area contributed by atoms with Crippen LogP contribution in [0.4, 0.5) is 0 Å². The fraction of sp³-hybridized carbons (Fsp3) is 0.667. The van der Waals surface area contributed by atoms with Crippen molar-refractivity contribution in [3.63, 3.8) is 0 Å². The maximum absolute atomic E-state index is 5.13. The highest BCUT2D eigenvalue weighted by atomic mass is 32.2.